The predicted octanol–water partition coefficient (Wildman–Crippen LogP) is 4.12. The third kappa shape index (κ3) is 4.02. The summed E-state index contributed by atoms with van der Waals surface area (Å²) in [6.45, 7) is 4.59. The molecule has 4 rings (SSSR count). The molecular weight excluding hydrogens is 404 g/mol. The number of benzene rings is 2. The zero-order chi connectivity index (χ0) is 22.7. The lowest BCUT2D eigenvalue weighted by molar-refractivity contribution is 0.0961. The number of fused-ring (bicyclic) bond motifs is 1. The number of amides is 2. The number of para-hydroxylation sites is 2. The van der Waals surface area contributed by atoms with Crippen LogP contribution < -0.4 is 16.0 Å². The van der Waals surface area contributed by atoms with Gasteiger partial charge in [0.05, 0.1) is 16.8 Å². The summed E-state index contributed by atoms with van der Waals surface area (Å²) < 4.78 is 1.79. The molecule has 0 fully saturated rings. The van der Waals surface area contributed by atoms with Gasteiger partial charge in [0.25, 0.3) is 11.8 Å². The van der Waals surface area contributed by atoms with Gasteiger partial charge in [-0.2, -0.15) is 5.10 Å². The fourth-order valence-corrected chi connectivity index (χ4v) is 3.49. The van der Waals surface area contributed by atoms with Crippen molar-refractivity contribution in [2.24, 2.45) is 0 Å². The minimum absolute atomic E-state index is 0.295. The molecule has 0 bridgehead atoms. The molecule has 8 heteroatoms. The molecule has 0 aliphatic rings. The maximum Gasteiger partial charge on any atom is 0.276 e. The molecule has 0 unspecified atom stereocenters. The molecule has 2 aromatic heterocycles. The lowest BCUT2D eigenvalue weighted by Gasteiger charge is -2.14. The smallest absolute Gasteiger partial charge is 0.276 e. The summed E-state index contributed by atoms with van der Waals surface area (Å²) in [6, 6.07) is 16.9. The summed E-state index contributed by atoms with van der Waals surface area (Å²) >= 11 is 0. The molecule has 32 heavy (non-hydrogen) atoms. The van der Waals surface area contributed by atoms with E-state index in [2.05, 4.69) is 26.0 Å². The Morgan fingerprint density at radius 1 is 1.00 bits per heavy atom. The normalized spacial score (nSPS) is 10.7. The molecule has 4 aromatic rings. The van der Waals surface area contributed by atoms with E-state index in [1.807, 2.05) is 62.4 Å². The van der Waals surface area contributed by atoms with Crippen molar-refractivity contribution in [3.63, 3.8) is 0 Å². The number of carbonyl (C=O) groups excluding carboxylic acids is 2. The van der Waals surface area contributed by atoms with Gasteiger partial charge in [0.1, 0.15) is 0 Å². The van der Waals surface area contributed by atoms with E-state index < -0.39 is 0 Å². The first kappa shape index (κ1) is 21.0. The molecule has 0 spiro atoms. The van der Waals surface area contributed by atoms with E-state index in [9.17, 15) is 9.59 Å². The van der Waals surface area contributed by atoms with E-state index >= 15 is 0 Å². The molecule has 3 N–H and O–H groups in total. The average molecular weight is 428 g/mol. The van der Waals surface area contributed by atoms with E-state index in [-0.39, 0.29) is 11.8 Å². The van der Waals surface area contributed by atoms with Crippen LogP contribution in [-0.2, 0) is 6.54 Å². The van der Waals surface area contributed by atoms with Crippen molar-refractivity contribution < 1.29 is 9.59 Å². The monoisotopic (exact) mass is 428 g/mol. The lowest BCUT2D eigenvalue weighted by Crippen LogP contribution is -2.20. The van der Waals surface area contributed by atoms with E-state index in [0.717, 1.165) is 22.2 Å². The molecule has 2 amide bonds. The molecule has 0 aliphatic carbocycles. The maximum atomic E-state index is 13.2. The molecular formula is C24H24N6O2. The number of hydrogen-bond donors (Lipinski definition) is 3. The highest BCUT2D eigenvalue weighted by Gasteiger charge is 2.19. The minimum atomic E-state index is -0.378. The molecule has 162 valence electrons. The van der Waals surface area contributed by atoms with E-state index in [1.54, 1.807) is 17.8 Å². The number of carbonyl (C=O) groups is 2. The molecule has 2 aromatic carbocycles. The van der Waals surface area contributed by atoms with Crippen LogP contribution in [-0.4, -0.2) is 33.6 Å². The first-order valence-electron chi connectivity index (χ1n) is 10.3. The summed E-state index contributed by atoms with van der Waals surface area (Å²) in [6.07, 6.45) is 1.47. The second-order valence-corrected chi connectivity index (χ2v) is 7.27. The number of hydrogen-bond acceptors (Lipinski definition) is 5. The van der Waals surface area contributed by atoms with Gasteiger partial charge in [0, 0.05) is 30.9 Å². The Bertz CT molecular complexity index is 1310. The second kappa shape index (κ2) is 8.89. The summed E-state index contributed by atoms with van der Waals surface area (Å²) in [5.41, 5.74) is 3.79. The van der Waals surface area contributed by atoms with E-state index in [1.165, 1.54) is 6.20 Å². The number of nitrogens with one attached hydrogen (secondary N) is 3. The van der Waals surface area contributed by atoms with Gasteiger partial charge in [-0.3, -0.25) is 14.3 Å². The van der Waals surface area contributed by atoms with Crippen molar-refractivity contribution in [2.75, 3.05) is 17.7 Å². The van der Waals surface area contributed by atoms with Crippen molar-refractivity contribution in [2.45, 2.75) is 20.4 Å². The summed E-state index contributed by atoms with van der Waals surface area (Å²) in [7, 11) is 1.55. The maximum absolute atomic E-state index is 13.2. The van der Waals surface area contributed by atoms with Crippen molar-refractivity contribution >= 4 is 39.9 Å². The fourth-order valence-electron chi connectivity index (χ4n) is 3.49. The molecule has 8 nitrogen and oxygen atoms in total. The Hall–Kier alpha value is -4.20. The zero-order valence-corrected chi connectivity index (χ0v) is 18.1. The van der Waals surface area contributed by atoms with E-state index in [0.29, 0.717) is 29.3 Å². The molecule has 2 heterocycles. The third-order valence-electron chi connectivity index (χ3n) is 5.20. The Labute approximate surface area is 185 Å². The van der Waals surface area contributed by atoms with Gasteiger partial charge < -0.3 is 16.0 Å². The standard InChI is InChI=1S/C24H24N6O2/c1-4-30-20-12-8-6-10-17(20)21(29-30)24(32)28-19-13-16(23(31)25-3)14-26-22(19)27-18-11-7-5-9-15(18)2/h5-14H,4H2,1-3H3,(H,25,31)(H,26,27)(H,28,32). The van der Waals surface area contributed by atoms with Gasteiger partial charge in [-0.15, -0.1) is 0 Å². The highest BCUT2D eigenvalue weighted by Crippen LogP contribution is 2.27. The molecule has 0 aliphatic heterocycles. The lowest BCUT2D eigenvalue weighted by atomic mass is 10.1. The van der Waals surface area contributed by atoms with Crippen molar-refractivity contribution in [3.05, 3.63) is 77.6 Å². The van der Waals surface area contributed by atoms with Crippen molar-refractivity contribution in [3.8, 4) is 0 Å². The van der Waals surface area contributed by atoms with E-state index in [4.69, 9.17) is 0 Å². The molecule has 0 radical (unpaired) electrons. The third-order valence-corrected chi connectivity index (χ3v) is 5.20. The minimum Gasteiger partial charge on any atom is -0.355 e. The zero-order valence-electron chi connectivity index (χ0n) is 18.1. The molecule has 0 saturated carbocycles. The van der Waals surface area contributed by atoms with Crippen LogP contribution in [0.2, 0.25) is 0 Å². The first-order valence-corrected chi connectivity index (χ1v) is 10.3. The average Bonchev–Trinajstić information content (AvgIpc) is 3.20. The Kier molecular flexibility index (Phi) is 5.85. The Morgan fingerprint density at radius 2 is 1.75 bits per heavy atom. The number of nitrogens with zero attached hydrogens (tertiary/aromatic N) is 3. The highest BCUT2D eigenvalue weighted by atomic mass is 16.2. The van der Waals surface area contributed by atoms with Crippen LogP contribution >= 0.6 is 0 Å². The SMILES string of the molecule is CCn1nc(C(=O)Nc2cc(C(=O)NC)cnc2Nc2ccccc2C)c2ccccc21. The van der Waals surface area contributed by atoms with Gasteiger partial charge in [-0.1, -0.05) is 36.4 Å². The number of aryl methyl sites for hydroxylation is 2. The van der Waals surface area contributed by atoms with Crippen LogP contribution in [0.4, 0.5) is 17.2 Å². The first-order chi connectivity index (χ1) is 15.5. The van der Waals surface area contributed by atoms with Crippen molar-refractivity contribution in [1.29, 1.82) is 0 Å². The van der Waals surface area contributed by atoms with Crippen LogP contribution in [0, 0.1) is 6.92 Å². The highest BCUT2D eigenvalue weighted by molar-refractivity contribution is 6.12. The Balaban J connectivity index is 1.73. The quantitative estimate of drug-likeness (QED) is 0.429. The summed E-state index contributed by atoms with van der Waals surface area (Å²) in [5.74, 6) is -0.243. The molecule has 0 atom stereocenters. The van der Waals surface area contributed by atoms with Crippen LogP contribution in [0.1, 0.15) is 33.3 Å². The fraction of sp³-hybridized carbons (Fsp3) is 0.167. The van der Waals surface area contributed by atoms with Crippen LogP contribution in [0.3, 0.4) is 0 Å². The van der Waals surface area contributed by atoms with Gasteiger partial charge >= 0.3 is 0 Å². The van der Waals surface area contributed by atoms with Crippen LogP contribution in [0.15, 0.2) is 60.8 Å². The van der Waals surface area contributed by atoms with Crippen LogP contribution in [0.5, 0.6) is 0 Å². The number of aromatic nitrogens is 3. The summed E-state index contributed by atoms with van der Waals surface area (Å²) in [5, 5.41) is 14.0. The van der Waals surface area contributed by atoms with Gasteiger partial charge in [-0.25, -0.2) is 4.98 Å². The second-order valence-electron chi connectivity index (χ2n) is 7.27. The largest absolute Gasteiger partial charge is 0.355 e. The number of rotatable bonds is 6. The van der Waals surface area contributed by atoms with Crippen LogP contribution in [0.25, 0.3) is 10.9 Å². The number of pyridine rings is 1. The van der Waals surface area contributed by atoms with Crippen molar-refractivity contribution in [1.82, 2.24) is 20.1 Å². The summed E-state index contributed by atoms with van der Waals surface area (Å²) in [4.78, 5) is 29.8. The predicted molar refractivity (Wildman–Crippen MR) is 125 cm³/mol. The topological polar surface area (TPSA) is 101 Å². The van der Waals surface area contributed by atoms with Gasteiger partial charge in [-0.05, 0) is 37.6 Å². The Morgan fingerprint density at radius 3 is 2.50 bits per heavy atom. The molecule has 0 saturated heterocycles. The van der Waals surface area contributed by atoms with Gasteiger partial charge in [0.2, 0.25) is 0 Å². The van der Waals surface area contributed by atoms with Gasteiger partial charge in [0.15, 0.2) is 11.5 Å². The number of anilines is 3.